The number of carbonyl (C=O) groups is 1. The first kappa shape index (κ1) is 14.1. The molecule has 5 heteroatoms. The summed E-state index contributed by atoms with van der Waals surface area (Å²) >= 11 is 0. The molecule has 1 amide bonds. The maximum absolute atomic E-state index is 13.2. The Bertz CT molecular complexity index is 647. The third kappa shape index (κ3) is 2.82. The molecule has 0 bridgehead atoms. The topological polar surface area (TPSA) is 60.1 Å². The highest BCUT2D eigenvalue weighted by molar-refractivity contribution is 6.04. The quantitative estimate of drug-likeness (QED) is 0.902. The van der Waals surface area contributed by atoms with Crippen LogP contribution in [0, 0.1) is 12.7 Å². The average molecular weight is 275 g/mol. The molecule has 0 aliphatic carbocycles. The van der Waals surface area contributed by atoms with Gasteiger partial charge in [0.25, 0.3) is 5.91 Å². The molecule has 3 N–H and O–H groups in total. The number of hydrogen-bond acceptors (Lipinski definition) is 2. The minimum atomic E-state index is -0.385. The fourth-order valence-electron chi connectivity index (χ4n) is 2.03. The maximum Gasteiger partial charge on any atom is 0.272 e. The zero-order valence-corrected chi connectivity index (χ0v) is 11.8. The number of nitrogens with one attached hydrogen (secondary N) is 1. The molecule has 0 spiro atoms. The monoisotopic (exact) mass is 275 g/mol. The molecule has 0 atom stereocenters. The SMILES string of the molecule is Cc1ccc(F)cc1NC(=O)c1cc(N)cn1C(C)C. The molecule has 0 aliphatic heterocycles. The van der Waals surface area contributed by atoms with Crippen molar-refractivity contribution in [1.29, 1.82) is 0 Å². The van der Waals surface area contributed by atoms with E-state index in [4.69, 9.17) is 5.73 Å². The Morgan fingerprint density at radius 3 is 2.70 bits per heavy atom. The van der Waals surface area contributed by atoms with Gasteiger partial charge in [-0.3, -0.25) is 4.79 Å². The highest BCUT2D eigenvalue weighted by atomic mass is 19.1. The van der Waals surface area contributed by atoms with Crippen LogP contribution >= 0.6 is 0 Å². The van der Waals surface area contributed by atoms with Gasteiger partial charge in [0.15, 0.2) is 0 Å². The first-order valence-corrected chi connectivity index (χ1v) is 6.43. The summed E-state index contributed by atoms with van der Waals surface area (Å²) < 4.78 is 15.0. The lowest BCUT2D eigenvalue weighted by molar-refractivity contribution is 0.101. The van der Waals surface area contributed by atoms with E-state index in [1.54, 1.807) is 22.9 Å². The van der Waals surface area contributed by atoms with E-state index in [1.165, 1.54) is 12.1 Å². The fraction of sp³-hybridized carbons (Fsp3) is 0.267. The lowest BCUT2D eigenvalue weighted by Gasteiger charge is -2.13. The summed E-state index contributed by atoms with van der Waals surface area (Å²) in [6, 6.07) is 6.02. The van der Waals surface area contributed by atoms with Crippen molar-refractivity contribution in [3.05, 3.63) is 47.5 Å². The Kier molecular flexibility index (Phi) is 3.79. The maximum atomic E-state index is 13.2. The summed E-state index contributed by atoms with van der Waals surface area (Å²) in [5.74, 6) is -0.686. The molecule has 1 heterocycles. The summed E-state index contributed by atoms with van der Waals surface area (Å²) in [5.41, 5.74) is 7.99. The van der Waals surface area contributed by atoms with E-state index in [9.17, 15) is 9.18 Å². The van der Waals surface area contributed by atoms with E-state index in [-0.39, 0.29) is 17.8 Å². The number of nitrogens with two attached hydrogens (primary N) is 1. The molecule has 0 unspecified atom stereocenters. The van der Waals surface area contributed by atoms with Gasteiger partial charge in [-0.1, -0.05) is 6.07 Å². The van der Waals surface area contributed by atoms with Crippen molar-refractivity contribution in [2.45, 2.75) is 26.8 Å². The Morgan fingerprint density at radius 2 is 2.05 bits per heavy atom. The summed E-state index contributed by atoms with van der Waals surface area (Å²) in [6.45, 7) is 5.73. The van der Waals surface area contributed by atoms with Crippen molar-refractivity contribution in [3.8, 4) is 0 Å². The second-order valence-electron chi connectivity index (χ2n) is 5.07. The molecule has 0 saturated heterocycles. The zero-order valence-electron chi connectivity index (χ0n) is 11.8. The molecule has 0 saturated carbocycles. The minimum absolute atomic E-state index is 0.113. The Labute approximate surface area is 117 Å². The molecule has 1 aromatic heterocycles. The van der Waals surface area contributed by atoms with Crippen LogP contribution in [0.3, 0.4) is 0 Å². The largest absolute Gasteiger partial charge is 0.397 e. The number of aryl methyl sites for hydroxylation is 1. The number of hydrogen-bond donors (Lipinski definition) is 2. The summed E-state index contributed by atoms with van der Waals surface area (Å²) in [6.07, 6.45) is 1.72. The van der Waals surface area contributed by atoms with E-state index >= 15 is 0 Å². The van der Waals surface area contributed by atoms with Crippen molar-refractivity contribution < 1.29 is 9.18 Å². The Balaban J connectivity index is 2.31. The number of benzene rings is 1. The van der Waals surface area contributed by atoms with E-state index in [0.717, 1.165) is 5.56 Å². The van der Waals surface area contributed by atoms with Gasteiger partial charge in [-0.05, 0) is 44.5 Å². The van der Waals surface area contributed by atoms with Gasteiger partial charge in [-0.25, -0.2) is 4.39 Å². The van der Waals surface area contributed by atoms with E-state index in [0.29, 0.717) is 17.1 Å². The van der Waals surface area contributed by atoms with E-state index in [1.807, 2.05) is 20.8 Å². The van der Waals surface area contributed by atoms with E-state index in [2.05, 4.69) is 5.32 Å². The molecule has 2 aromatic rings. The predicted molar refractivity (Wildman–Crippen MR) is 78.3 cm³/mol. The van der Waals surface area contributed by atoms with Crippen molar-refractivity contribution in [2.75, 3.05) is 11.1 Å². The number of anilines is 2. The first-order chi connectivity index (χ1) is 9.38. The molecule has 2 rings (SSSR count). The lowest BCUT2D eigenvalue weighted by atomic mass is 10.2. The van der Waals surface area contributed by atoms with Crippen LogP contribution in [0.4, 0.5) is 15.8 Å². The van der Waals surface area contributed by atoms with Crippen molar-refractivity contribution in [1.82, 2.24) is 4.57 Å². The molecule has 106 valence electrons. The lowest BCUT2D eigenvalue weighted by Crippen LogP contribution is -2.18. The third-order valence-electron chi connectivity index (χ3n) is 3.11. The molecule has 0 fully saturated rings. The van der Waals surface area contributed by atoms with Gasteiger partial charge in [-0.2, -0.15) is 0 Å². The van der Waals surface area contributed by atoms with Gasteiger partial charge in [-0.15, -0.1) is 0 Å². The minimum Gasteiger partial charge on any atom is -0.397 e. The average Bonchev–Trinajstić information content (AvgIpc) is 2.76. The Hall–Kier alpha value is -2.30. The number of amides is 1. The standard InChI is InChI=1S/C15H18FN3O/c1-9(2)19-8-12(17)7-14(19)15(20)18-13-6-11(16)5-4-10(13)3/h4-9H,17H2,1-3H3,(H,18,20). The van der Waals surface area contributed by atoms with Crippen molar-refractivity contribution >= 4 is 17.3 Å². The van der Waals surface area contributed by atoms with Crippen LogP contribution in [0.25, 0.3) is 0 Å². The van der Waals surface area contributed by atoms with Gasteiger partial charge in [0, 0.05) is 17.9 Å². The number of carbonyl (C=O) groups excluding carboxylic acids is 1. The molecule has 0 aliphatic rings. The smallest absolute Gasteiger partial charge is 0.272 e. The van der Waals surface area contributed by atoms with Gasteiger partial charge >= 0.3 is 0 Å². The highest BCUT2D eigenvalue weighted by Crippen LogP contribution is 2.20. The van der Waals surface area contributed by atoms with Crippen LogP contribution in [-0.4, -0.2) is 10.5 Å². The van der Waals surface area contributed by atoms with Crippen LogP contribution in [0.2, 0.25) is 0 Å². The summed E-state index contributed by atoms with van der Waals surface area (Å²) in [4.78, 5) is 12.3. The van der Waals surface area contributed by atoms with Gasteiger partial charge < -0.3 is 15.6 Å². The third-order valence-corrected chi connectivity index (χ3v) is 3.11. The summed E-state index contributed by atoms with van der Waals surface area (Å²) in [5, 5.41) is 2.72. The molecule has 20 heavy (non-hydrogen) atoms. The first-order valence-electron chi connectivity index (χ1n) is 6.43. The van der Waals surface area contributed by atoms with Crippen LogP contribution < -0.4 is 11.1 Å². The number of halogens is 1. The van der Waals surface area contributed by atoms with Crippen molar-refractivity contribution in [2.24, 2.45) is 0 Å². The molecule has 1 aromatic carbocycles. The van der Waals surface area contributed by atoms with Crippen LogP contribution in [0.15, 0.2) is 30.5 Å². The molecule has 0 radical (unpaired) electrons. The van der Waals surface area contributed by atoms with E-state index < -0.39 is 0 Å². The van der Waals surface area contributed by atoms with Crippen LogP contribution in [0.5, 0.6) is 0 Å². The van der Waals surface area contributed by atoms with Gasteiger partial charge in [0.05, 0.1) is 5.69 Å². The second kappa shape index (κ2) is 5.36. The van der Waals surface area contributed by atoms with Crippen LogP contribution in [-0.2, 0) is 0 Å². The van der Waals surface area contributed by atoms with Gasteiger partial charge in [0.2, 0.25) is 0 Å². The highest BCUT2D eigenvalue weighted by Gasteiger charge is 2.15. The summed E-state index contributed by atoms with van der Waals surface area (Å²) in [7, 11) is 0. The van der Waals surface area contributed by atoms with Crippen LogP contribution in [0.1, 0.15) is 35.9 Å². The zero-order chi connectivity index (χ0) is 14.9. The number of rotatable bonds is 3. The van der Waals surface area contributed by atoms with Gasteiger partial charge in [0.1, 0.15) is 11.5 Å². The number of nitrogen functional groups attached to an aromatic ring is 1. The Morgan fingerprint density at radius 1 is 1.35 bits per heavy atom. The second-order valence-corrected chi connectivity index (χ2v) is 5.07. The molecule has 4 nitrogen and oxygen atoms in total. The normalized spacial score (nSPS) is 10.8. The molecular weight excluding hydrogens is 257 g/mol. The number of aromatic nitrogens is 1. The molecular formula is C15H18FN3O. The fourth-order valence-corrected chi connectivity index (χ4v) is 2.03. The number of nitrogens with zero attached hydrogens (tertiary/aromatic N) is 1. The van der Waals surface area contributed by atoms with Crippen molar-refractivity contribution in [3.63, 3.8) is 0 Å². The predicted octanol–water partition coefficient (Wildman–Crippen LogP) is 3.35.